The highest BCUT2D eigenvalue weighted by molar-refractivity contribution is 6.17. The van der Waals surface area contributed by atoms with E-state index < -0.39 is 29.9 Å². The summed E-state index contributed by atoms with van der Waals surface area (Å²) in [4.78, 5) is 23.6. The third-order valence-electron chi connectivity index (χ3n) is 1.94. The van der Waals surface area contributed by atoms with Crippen LogP contribution in [0.1, 0.15) is 23.2 Å². The largest absolute Gasteiger partial charge is 0.481 e. The molecule has 0 aliphatic rings. The van der Waals surface area contributed by atoms with E-state index in [-0.39, 0.29) is 17.1 Å². The average Bonchev–Trinajstić information content (AvgIpc) is 2.14. The topological polar surface area (TPSA) is 70.2 Å². The number of hydrogen-bond donors (Lipinski definition) is 2. The molecule has 1 aromatic rings. The molecule has 0 saturated heterocycles. The van der Waals surface area contributed by atoms with E-state index in [0.29, 0.717) is 0 Å². The van der Waals surface area contributed by atoms with Gasteiger partial charge in [0.25, 0.3) is 6.43 Å². The molecule has 88 valence electrons. The van der Waals surface area contributed by atoms with Crippen LogP contribution in [0.3, 0.4) is 0 Å². The lowest BCUT2D eigenvalue weighted by Crippen LogP contribution is -2.17. The Kier molecular flexibility index (Phi) is 4.00. The van der Waals surface area contributed by atoms with Gasteiger partial charge < -0.3 is 10.1 Å². The van der Waals surface area contributed by atoms with Crippen molar-refractivity contribution in [3.05, 3.63) is 33.2 Å². The Hall–Kier alpha value is -1.43. The first-order valence-electron chi connectivity index (χ1n) is 4.26. The molecule has 0 aliphatic heterocycles. The van der Waals surface area contributed by atoms with Crippen LogP contribution >= 0.6 is 11.6 Å². The summed E-state index contributed by atoms with van der Waals surface area (Å²) in [7, 11) is 0. The normalized spacial score (nSPS) is 10.8. The second-order valence-electron chi connectivity index (χ2n) is 3.06. The summed E-state index contributed by atoms with van der Waals surface area (Å²) in [5.41, 5.74) is -1.49. The van der Waals surface area contributed by atoms with Crippen LogP contribution in [-0.2, 0) is 17.1 Å². The van der Waals surface area contributed by atoms with Crippen molar-refractivity contribution in [1.82, 2.24) is 4.98 Å². The first-order chi connectivity index (χ1) is 7.45. The summed E-state index contributed by atoms with van der Waals surface area (Å²) in [6.45, 7) is 0. The second kappa shape index (κ2) is 5.07. The number of hydrogen-bond acceptors (Lipinski definition) is 2. The van der Waals surface area contributed by atoms with E-state index in [1.807, 2.05) is 0 Å². The first-order valence-corrected chi connectivity index (χ1v) is 4.80. The fraction of sp³-hybridized carbons (Fsp3) is 0.333. The predicted molar refractivity (Wildman–Crippen MR) is 52.9 cm³/mol. The van der Waals surface area contributed by atoms with Crippen LogP contribution in [0.5, 0.6) is 0 Å². The molecule has 2 N–H and O–H groups in total. The van der Waals surface area contributed by atoms with Gasteiger partial charge in [0.15, 0.2) is 0 Å². The molecular formula is C9H8ClF2NO3. The molecule has 1 heterocycles. The summed E-state index contributed by atoms with van der Waals surface area (Å²) >= 11 is 5.42. The summed E-state index contributed by atoms with van der Waals surface area (Å²) in [6.07, 6.45) is -3.54. The average molecular weight is 252 g/mol. The summed E-state index contributed by atoms with van der Waals surface area (Å²) in [5, 5.41) is 8.53. The zero-order valence-electron chi connectivity index (χ0n) is 7.97. The number of H-pyrrole nitrogens is 1. The number of carboxylic acids is 1. The molecule has 0 saturated carbocycles. The molecule has 0 atom stereocenters. The maximum absolute atomic E-state index is 12.7. The Balaban J connectivity index is 3.37. The molecule has 0 aromatic carbocycles. The van der Waals surface area contributed by atoms with Crippen LogP contribution in [0.2, 0.25) is 0 Å². The first kappa shape index (κ1) is 12.6. The van der Waals surface area contributed by atoms with E-state index >= 15 is 0 Å². The number of aliphatic carboxylic acids is 1. The minimum Gasteiger partial charge on any atom is -0.481 e. The number of nitrogens with one attached hydrogen (secondary N) is 1. The Morgan fingerprint density at radius 1 is 1.56 bits per heavy atom. The lowest BCUT2D eigenvalue weighted by atomic mass is 10.1. The van der Waals surface area contributed by atoms with Gasteiger partial charge in [0.1, 0.15) is 0 Å². The second-order valence-corrected chi connectivity index (χ2v) is 3.32. The van der Waals surface area contributed by atoms with Gasteiger partial charge in [-0.05, 0) is 5.56 Å². The lowest BCUT2D eigenvalue weighted by Gasteiger charge is -2.10. The number of carboxylic acid groups (broad SMARTS) is 1. The minimum atomic E-state index is -2.88. The number of aromatic amines is 1. The third kappa shape index (κ3) is 2.79. The number of carbonyl (C=O) groups is 1. The maximum atomic E-state index is 12.7. The number of alkyl halides is 3. The molecule has 1 rings (SSSR count). The fourth-order valence-corrected chi connectivity index (χ4v) is 1.58. The molecule has 16 heavy (non-hydrogen) atoms. The number of pyridine rings is 1. The number of halogens is 3. The lowest BCUT2D eigenvalue weighted by molar-refractivity contribution is -0.136. The van der Waals surface area contributed by atoms with Crippen LogP contribution in [0, 0.1) is 0 Å². The SMILES string of the molecule is O=C(O)Cc1[nH]c(=O)cc(CCl)c1C(F)F. The summed E-state index contributed by atoms with van der Waals surface area (Å²) in [5.74, 6) is -1.57. The molecule has 0 unspecified atom stereocenters. The number of rotatable bonds is 4. The fourth-order valence-electron chi connectivity index (χ4n) is 1.35. The van der Waals surface area contributed by atoms with E-state index in [4.69, 9.17) is 16.7 Å². The Morgan fingerprint density at radius 3 is 2.62 bits per heavy atom. The van der Waals surface area contributed by atoms with Crippen molar-refractivity contribution in [3.63, 3.8) is 0 Å². The van der Waals surface area contributed by atoms with Crippen LogP contribution in [0.4, 0.5) is 8.78 Å². The van der Waals surface area contributed by atoms with Gasteiger partial charge >= 0.3 is 5.97 Å². The van der Waals surface area contributed by atoms with Crippen molar-refractivity contribution in [3.8, 4) is 0 Å². The highest BCUT2D eigenvalue weighted by Gasteiger charge is 2.20. The van der Waals surface area contributed by atoms with Gasteiger partial charge in [-0.2, -0.15) is 0 Å². The summed E-state index contributed by atoms with van der Waals surface area (Å²) in [6, 6.07) is 0.944. The Bertz CT molecular complexity index is 459. The molecule has 1 aromatic heterocycles. The van der Waals surface area contributed by atoms with E-state index in [1.165, 1.54) is 0 Å². The van der Waals surface area contributed by atoms with Crippen LogP contribution < -0.4 is 5.56 Å². The van der Waals surface area contributed by atoms with E-state index in [9.17, 15) is 18.4 Å². The van der Waals surface area contributed by atoms with Crippen LogP contribution in [0.15, 0.2) is 10.9 Å². The van der Waals surface area contributed by atoms with Crippen molar-refractivity contribution < 1.29 is 18.7 Å². The smallest absolute Gasteiger partial charge is 0.309 e. The zero-order chi connectivity index (χ0) is 12.3. The van der Waals surface area contributed by atoms with Gasteiger partial charge in [-0.3, -0.25) is 9.59 Å². The van der Waals surface area contributed by atoms with E-state index in [2.05, 4.69) is 4.98 Å². The van der Waals surface area contributed by atoms with Gasteiger partial charge in [-0.1, -0.05) is 0 Å². The third-order valence-corrected chi connectivity index (χ3v) is 2.23. The number of aromatic nitrogens is 1. The molecule has 0 radical (unpaired) electrons. The van der Waals surface area contributed by atoms with Gasteiger partial charge in [-0.25, -0.2) is 8.78 Å². The van der Waals surface area contributed by atoms with Crippen LogP contribution in [0.25, 0.3) is 0 Å². The van der Waals surface area contributed by atoms with Gasteiger partial charge in [-0.15, -0.1) is 11.6 Å². The molecule has 0 fully saturated rings. The molecular weight excluding hydrogens is 244 g/mol. The monoisotopic (exact) mass is 251 g/mol. The molecule has 7 heteroatoms. The van der Waals surface area contributed by atoms with Gasteiger partial charge in [0, 0.05) is 23.2 Å². The predicted octanol–water partition coefficient (Wildman–Crippen LogP) is 1.68. The highest BCUT2D eigenvalue weighted by Crippen LogP contribution is 2.26. The zero-order valence-corrected chi connectivity index (χ0v) is 8.72. The van der Waals surface area contributed by atoms with Gasteiger partial charge in [0.05, 0.1) is 6.42 Å². The Morgan fingerprint density at radius 2 is 2.19 bits per heavy atom. The molecule has 0 bridgehead atoms. The summed E-state index contributed by atoms with van der Waals surface area (Å²) < 4.78 is 25.4. The van der Waals surface area contributed by atoms with Crippen molar-refractivity contribution in [2.24, 2.45) is 0 Å². The molecule has 0 amide bonds. The van der Waals surface area contributed by atoms with Crippen molar-refractivity contribution in [2.45, 2.75) is 18.7 Å². The van der Waals surface area contributed by atoms with E-state index in [0.717, 1.165) is 6.07 Å². The highest BCUT2D eigenvalue weighted by atomic mass is 35.5. The molecule has 4 nitrogen and oxygen atoms in total. The quantitative estimate of drug-likeness (QED) is 0.800. The standard InChI is InChI=1S/C9H8ClF2NO3/c10-3-4-1-6(14)13-5(2-7(15)16)8(4)9(11)12/h1,9H,2-3H2,(H,13,14)(H,15,16). The minimum absolute atomic E-state index is 0.0448. The maximum Gasteiger partial charge on any atom is 0.309 e. The van der Waals surface area contributed by atoms with Crippen molar-refractivity contribution in [2.75, 3.05) is 0 Å². The molecule has 0 spiro atoms. The van der Waals surface area contributed by atoms with E-state index in [1.54, 1.807) is 0 Å². The Labute approximate surface area is 93.9 Å². The van der Waals surface area contributed by atoms with Crippen molar-refractivity contribution in [1.29, 1.82) is 0 Å². The van der Waals surface area contributed by atoms with Crippen LogP contribution in [-0.4, -0.2) is 16.1 Å². The van der Waals surface area contributed by atoms with Gasteiger partial charge in [0.2, 0.25) is 5.56 Å². The van der Waals surface area contributed by atoms with Crippen molar-refractivity contribution >= 4 is 17.6 Å². The molecule has 0 aliphatic carbocycles.